The van der Waals surface area contributed by atoms with Crippen LogP contribution in [-0.2, 0) is 19.5 Å². The zero-order valence-corrected chi connectivity index (χ0v) is 14.6. The van der Waals surface area contributed by atoms with E-state index in [4.69, 9.17) is 0 Å². The van der Waals surface area contributed by atoms with E-state index >= 15 is 0 Å². The highest BCUT2D eigenvalue weighted by atomic mass is 16.3. The molecule has 1 fully saturated rings. The lowest BCUT2D eigenvalue weighted by Gasteiger charge is -2.40. The number of aliphatic hydroxyl groups is 1. The largest absolute Gasteiger partial charge is 0.396 e. The second kappa shape index (κ2) is 7.51. The standard InChI is InChI=1S/C17H29N5O2/c1-2-17(13-23)7-10-21(11-8-17)16(24)18-12-15-20-19-14-6-4-3-5-9-22(14)15/h23H,2-13H2,1H3,(H,18,24). The molecule has 0 aromatic carbocycles. The Labute approximate surface area is 143 Å². The lowest BCUT2D eigenvalue weighted by Crippen LogP contribution is -2.48. The molecule has 0 spiro atoms. The summed E-state index contributed by atoms with van der Waals surface area (Å²) in [5.74, 6) is 1.90. The smallest absolute Gasteiger partial charge is 0.317 e. The summed E-state index contributed by atoms with van der Waals surface area (Å²) in [5, 5.41) is 21.1. The molecule has 2 aliphatic rings. The Morgan fingerprint density at radius 2 is 2.00 bits per heavy atom. The van der Waals surface area contributed by atoms with Gasteiger partial charge in [0.1, 0.15) is 5.82 Å². The third-order valence-corrected chi connectivity index (χ3v) is 5.78. The Balaban J connectivity index is 1.53. The van der Waals surface area contributed by atoms with Crippen LogP contribution in [0.1, 0.15) is 57.1 Å². The molecule has 7 nitrogen and oxygen atoms in total. The Morgan fingerprint density at radius 1 is 1.21 bits per heavy atom. The summed E-state index contributed by atoms with van der Waals surface area (Å²) in [7, 11) is 0. The van der Waals surface area contributed by atoms with E-state index in [2.05, 4.69) is 27.0 Å². The third kappa shape index (κ3) is 3.55. The van der Waals surface area contributed by atoms with E-state index in [0.29, 0.717) is 19.6 Å². The van der Waals surface area contributed by atoms with Crippen molar-refractivity contribution in [2.75, 3.05) is 19.7 Å². The molecule has 0 aliphatic carbocycles. The maximum atomic E-state index is 12.4. The molecule has 2 amide bonds. The number of likely N-dealkylation sites (tertiary alicyclic amines) is 1. The molecule has 134 valence electrons. The van der Waals surface area contributed by atoms with Gasteiger partial charge in [-0.25, -0.2) is 4.79 Å². The van der Waals surface area contributed by atoms with Crippen molar-refractivity contribution in [2.24, 2.45) is 5.41 Å². The molecule has 0 unspecified atom stereocenters. The minimum Gasteiger partial charge on any atom is -0.396 e. The number of fused-ring (bicyclic) bond motifs is 1. The van der Waals surface area contributed by atoms with Gasteiger partial charge in [0.2, 0.25) is 0 Å². The minimum atomic E-state index is -0.0383. The van der Waals surface area contributed by atoms with Crippen LogP contribution >= 0.6 is 0 Å². The normalized spacial score (nSPS) is 20.3. The molecule has 0 radical (unpaired) electrons. The van der Waals surface area contributed by atoms with Gasteiger partial charge in [0.05, 0.1) is 6.54 Å². The van der Waals surface area contributed by atoms with Gasteiger partial charge >= 0.3 is 6.03 Å². The maximum Gasteiger partial charge on any atom is 0.317 e. The van der Waals surface area contributed by atoms with Gasteiger partial charge in [-0.05, 0) is 37.5 Å². The number of amides is 2. The van der Waals surface area contributed by atoms with Crippen molar-refractivity contribution in [1.82, 2.24) is 25.0 Å². The predicted octanol–water partition coefficient (Wildman–Crippen LogP) is 1.70. The van der Waals surface area contributed by atoms with Crippen LogP contribution in [0.3, 0.4) is 0 Å². The molecule has 24 heavy (non-hydrogen) atoms. The van der Waals surface area contributed by atoms with E-state index in [1.807, 2.05) is 4.90 Å². The Bertz CT molecular complexity index is 557. The number of carbonyl (C=O) groups is 1. The molecule has 0 atom stereocenters. The van der Waals surface area contributed by atoms with Crippen LogP contribution in [0.25, 0.3) is 0 Å². The number of rotatable bonds is 4. The highest BCUT2D eigenvalue weighted by molar-refractivity contribution is 5.74. The zero-order chi connectivity index (χ0) is 17.0. The van der Waals surface area contributed by atoms with Crippen molar-refractivity contribution >= 4 is 6.03 Å². The van der Waals surface area contributed by atoms with E-state index < -0.39 is 0 Å². The fourth-order valence-electron chi connectivity index (χ4n) is 3.75. The maximum absolute atomic E-state index is 12.4. The van der Waals surface area contributed by atoms with Crippen molar-refractivity contribution in [3.05, 3.63) is 11.6 Å². The van der Waals surface area contributed by atoms with E-state index in [0.717, 1.165) is 50.3 Å². The van der Waals surface area contributed by atoms with Crippen molar-refractivity contribution in [3.8, 4) is 0 Å². The summed E-state index contributed by atoms with van der Waals surface area (Å²) in [4.78, 5) is 14.3. The summed E-state index contributed by atoms with van der Waals surface area (Å²) in [6, 6.07) is -0.0383. The summed E-state index contributed by atoms with van der Waals surface area (Å²) in [6.07, 6.45) is 7.23. The number of hydrogen-bond donors (Lipinski definition) is 2. The summed E-state index contributed by atoms with van der Waals surface area (Å²) >= 11 is 0. The topological polar surface area (TPSA) is 83.3 Å². The summed E-state index contributed by atoms with van der Waals surface area (Å²) in [6.45, 7) is 5.12. The second-order valence-corrected chi connectivity index (χ2v) is 7.15. The number of aryl methyl sites for hydroxylation is 1. The molecule has 1 aromatic rings. The third-order valence-electron chi connectivity index (χ3n) is 5.78. The van der Waals surface area contributed by atoms with E-state index in [9.17, 15) is 9.90 Å². The second-order valence-electron chi connectivity index (χ2n) is 7.15. The van der Waals surface area contributed by atoms with Crippen LogP contribution in [0.5, 0.6) is 0 Å². The van der Waals surface area contributed by atoms with Gasteiger partial charge in [0, 0.05) is 32.7 Å². The number of nitrogens with one attached hydrogen (secondary N) is 1. The molecule has 3 heterocycles. The minimum absolute atomic E-state index is 0.00110. The average Bonchev–Trinajstić information content (AvgIpc) is 2.86. The predicted molar refractivity (Wildman–Crippen MR) is 90.4 cm³/mol. The highest BCUT2D eigenvalue weighted by Crippen LogP contribution is 2.34. The number of carbonyl (C=O) groups excluding carboxylic acids is 1. The number of aliphatic hydroxyl groups excluding tert-OH is 1. The molecule has 0 saturated carbocycles. The van der Waals surface area contributed by atoms with Crippen LogP contribution in [-0.4, -0.2) is 50.5 Å². The molecule has 1 saturated heterocycles. The van der Waals surface area contributed by atoms with Crippen molar-refractivity contribution in [3.63, 3.8) is 0 Å². The average molecular weight is 335 g/mol. The number of aromatic nitrogens is 3. The van der Waals surface area contributed by atoms with E-state index in [1.54, 1.807) is 0 Å². The SMILES string of the molecule is CCC1(CO)CCN(C(=O)NCc2nnc3n2CCCCC3)CC1. The first-order valence-electron chi connectivity index (χ1n) is 9.22. The fraction of sp³-hybridized carbons (Fsp3) is 0.824. The summed E-state index contributed by atoms with van der Waals surface area (Å²) in [5.41, 5.74) is 0.00110. The van der Waals surface area contributed by atoms with Crippen molar-refractivity contribution in [1.29, 1.82) is 0 Å². The first kappa shape index (κ1) is 17.2. The van der Waals surface area contributed by atoms with E-state index in [1.165, 1.54) is 12.8 Å². The lowest BCUT2D eigenvalue weighted by molar-refractivity contribution is 0.0519. The fourth-order valence-corrected chi connectivity index (χ4v) is 3.75. The van der Waals surface area contributed by atoms with Gasteiger partial charge in [0.15, 0.2) is 5.82 Å². The van der Waals surface area contributed by atoms with Gasteiger partial charge in [-0.15, -0.1) is 10.2 Å². The monoisotopic (exact) mass is 335 g/mol. The van der Waals surface area contributed by atoms with Gasteiger partial charge < -0.3 is 19.9 Å². The molecule has 7 heteroatoms. The first-order chi connectivity index (χ1) is 11.7. The molecule has 1 aromatic heterocycles. The quantitative estimate of drug-likeness (QED) is 0.877. The molecule has 2 N–H and O–H groups in total. The van der Waals surface area contributed by atoms with Gasteiger partial charge in [-0.3, -0.25) is 0 Å². The van der Waals surface area contributed by atoms with Crippen LogP contribution in [0.15, 0.2) is 0 Å². The van der Waals surface area contributed by atoms with Crippen molar-refractivity contribution < 1.29 is 9.90 Å². The van der Waals surface area contributed by atoms with Crippen LogP contribution in [0, 0.1) is 5.41 Å². The lowest BCUT2D eigenvalue weighted by atomic mass is 9.77. The van der Waals surface area contributed by atoms with Crippen LogP contribution < -0.4 is 5.32 Å². The number of hydrogen-bond acceptors (Lipinski definition) is 4. The van der Waals surface area contributed by atoms with Gasteiger partial charge in [-0.2, -0.15) is 0 Å². The van der Waals surface area contributed by atoms with E-state index in [-0.39, 0.29) is 18.1 Å². The number of piperidine rings is 1. The zero-order valence-electron chi connectivity index (χ0n) is 14.6. The summed E-state index contributed by atoms with van der Waals surface area (Å²) < 4.78 is 2.16. The number of nitrogens with zero attached hydrogens (tertiary/aromatic N) is 4. The first-order valence-corrected chi connectivity index (χ1v) is 9.22. The highest BCUT2D eigenvalue weighted by Gasteiger charge is 2.33. The molecule has 3 rings (SSSR count). The molecular formula is C17H29N5O2. The number of urea groups is 1. The van der Waals surface area contributed by atoms with Crippen LogP contribution in [0.4, 0.5) is 4.79 Å². The van der Waals surface area contributed by atoms with Crippen molar-refractivity contribution in [2.45, 2.75) is 65.0 Å². The Kier molecular flexibility index (Phi) is 5.38. The Morgan fingerprint density at radius 3 is 2.71 bits per heavy atom. The molecular weight excluding hydrogens is 306 g/mol. The van der Waals surface area contributed by atoms with Crippen LogP contribution in [0.2, 0.25) is 0 Å². The molecule has 2 aliphatic heterocycles. The van der Waals surface area contributed by atoms with Gasteiger partial charge in [-0.1, -0.05) is 13.3 Å². The molecule has 0 bridgehead atoms. The van der Waals surface area contributed by atoms with Gasteiger partial charge in [0.25, 0.3) is 0 Å². The Hall–Kier alpha value is -1.63.